The second-order valence-electron chi connectivity index (χ2n) is 5.96. The third-order valence-corrected chi connectivity index (χ3v) is 5.25. The zero-order chi connectivity index (χ0) is 21.2. The molecule has 1 aromatic heterocycles. The van der Waals surface area contributed by atoms with Gasteiger partial charge in [0.15, 0.2) is 0 Å². The Bertz CT molecular complexity index is 1150. The van der Waals surface area contributed by atoms with E-state index in [4.69, 9.17) is 0 Å². The van der Waals surface area contributed by atoms with Crippen molar-refractivity contribution in [3.63, 3.8) is 0 Å². The molecule has 29 heavy (non-hydrogen) atoms. The van der Waals surface area contributed by atoms with Gasteiger partial charge in [0.25, 0.3) is 10.0 Å². The van der Waals surface area contributed by atoms with E-state index in [2.05, 4.69) is 14.4 Å². The molecule has 1 heterocycles. The summed E-state index contributed by atoms with van der Waals surface area (Å²) in [7, 11) is -4.28. The number of aromatic nitrogens is 1. The normalized spacial score (nSPS) is 11.9. The molecule has 0 aliphatic carbocycles. The zero-order valence-electron chi connectivity index (χ0n) is 14.9. The fourth-order valence-corrected chi connectivity index (χ4v) is 3.73. The van der Waals surface area contributed by atoms with Crippen LogP contribution in [0, 0.1) is 12.7 Å². The van der Waals surface area contributed by atoms with Crippen molar-refractivity contribution in [2.75, 3.05) is 4.72 Å². The summed E-state index contributed by atoms with van der Waals surface area (Å²) >= 11 is 0. The summed E-state index contributed by atoms with van der Waals surface area (Å²) in [5.74, 6) is -1.40. The van der Waals surface area contributed by atoms with Gasteiger partial charge in [0, 0.05) is 11.8 Å². The van der Waals surface area contributed by atoms with Crippen LogP contribution >= 0.6 is 0 Å². The van der Waals surface area contributed by atoms with Crippen LogP contribution in [-0.4, -0.2) is 19.8 Å². The number of pyridine rings is 1. The number of halogens is 4. The Labute approximate surface area is 164 Å². The van der Waals surface area contributed by atoms with Gasteiger partial charge >= 0.3 is 6.36 Å². The van der Waals surface area contributed by atoms with Crippen LogP contribution in [0.1, 0.15) is 5.56 Å². The van der Waals surface area contributed by atoms with Crippen molar-refractivity contribution in [3.05, 3.63) is 72.2 Å². The van der Waals surface area contributed by atoms with Gasteiger partial charge < -0.3 is 4.74 Å². The van der Waals surface area contributed by atoms with Crippen molar-refractivity contribution in [2.24, 2.45) is 0 Å². The van der Waals surface area contributed by atoms with Crippen LogP contribution in [0.3, 0.4) is 0 Å². The van der Waals surface area contributed by atoms with Crippen molar-refractivity contribution in [2.45, 2.75) is 18.2 Å². The predicted molar refractivity (Wildman–Crippen MR) is 98.3 cm³/mol. The summed E-state index contributed by atoms with van der Waals surface area (Å²) < 4.78 is 82.5. The topological polar surface area (TPSA) is 68.3 Å². The van der Waals surface area contributed by atoms with Gasteiger partial charge in [0.1, 0.15) is 22.3 Å². The number of nitrogens with one attached hydrogen (secondary N) is 1. The van der Waals surface area contributed by atoms with Crippen molar-refractivity contribution in [1.82, 2.24) is 4.98 Å². The number of nitrogens with zero attached hydrogens (tertiary/aromatic N) is 1. The smallest absolute Gasteiger partial charge is 0.406 e. The molecule has 0 atom stereocenters. The van der Waals surface area contributed by atoms with E-state index in [0.29, 0.717) is 11.1 Å². The first kappa shape index (κ1) is 20.6. The van der Waals surface area contributed by atoms with Crippen molar-refractivity contribution < 1.29 is 30.7 Å². The molecule has 0 saturated carbocycles. The predicted octanol–water partition coefficient (Wildman–Crippen LogP) is 4.90. The Morgan fingerprint density at radius 1 is 1.03 bits per heavy atom. The highest BCUT2D eigenvalue weighted by atomic mass is 32.2. The molecule has 0 unspecified atom stereocenters. The summed E-state index contributed by atoms with van der Waals surface area (Å²) in [4.78, 5) is 3.43. The van der Waals surface area contributed by atoms with Gasteiger partial charge in [-0.25, -0.2) is 17.8 Å². The van der Waals surface area contributed by atoms with Crippen molar-refractivity contribution >= 4 is 15.8 Å². The average Bonchev–Trinajstić information content (AvgIpc) is 2.63. The van der Waals surface area contributed by atoms with E-state index in [1.54, 1.807) is 0 Å². The van der Waals surface area contributed by atoms with Crippen LogP contribution in [0.2, 0.25) is 0 Å². The number of anilines is 1. The zero-order valence-corrected chi connectivity index (χ0v) is 15.7. The molecule has 2 aromatic carbocycles. The molecule has 0 aliphatic heterocycles. The second-order valence-corrected chi connectivity index (χ2v) is 7.61. The van der Waals surface area contributed by atoms with E-state index in [1.165, 1.54) is 49.5 Å². The Hall–Kier alpha value is -3.14. The minimum atomic E-state index is -4.83. The fourth-order valence-electron chi connectivity index (χ4n) is 2.62. The number of rotatable bonds is 5. The van der Waals surface area contributed by atoms with Gasteiger partial charge in [-0.2, -0.15) is 0 Å². The van der Waals surface area contributed by atoms with E-state index in [1.807, 2.05) is 0 Å². The molecule has 0 radical (unpaired) electrons. The van der Waals surface area contributed by atoms with Gasteiger partial charge in [-0.15, -0.1) is 13.2 Å². The van der Waals surface area contributed by atoms with Crippen LogP contribution < -0.4 is 9.46 Å². The van der Waals surface area contributed by atoms with Gasteiger partial charge in [-0.1, -0.05) is 18.2 Å². The molecule has 0 aliphatic rings. The molecular weight excluding hydrogens is 412 g/mol. The van der Waals surface area contributed by atoms with Gasteiger partial charge in [0.05, 0.1) is 0 Å². The van der Waals surface area contributed by atoms with E-state index in [9.17, 15) is 26.0 Å². The van der Waals surface area contributed by atoms with Crippen LogP contribution in [0.5, 0.6) is 5.75 Å². The lowest BCUT2D eigenvalue weighted by atomic mass is 10.0. The molecule has 0 bridgehead atoms. The number of alkyl halides is 3. The highest BCUT2D eigenvalue weighted by Gasteiger charge is 2.31. The summed E-state index contributed by atoms with van der Waals surface area (Å²) in [6.07, 6.45) is -3.50. The maximum atomic E-state index is 13.9. The van der Waals surface area contributed by atoms with E-state index in [-0.39, 0.29) is 17.1 Å². The third-order valence-electron chi connectivity index (χ3n) is 3.88. The van der Waals surface area contributed by atoms with E-state index >= 15 is 0 Å². The number of benzene rings is 2. The Morgan fingerprint density at radius 3 is 2.41 bits per heavy atom. The number of ether oxygens (including phenoxy) is 1. The van der Waals surface area contributed by atoms with Crippen LogP contribution in [-0.2, 0) is 10.0 Å². The molecule has 10 heteroatoms. The highest BCUT2D eigenvalue weighted by Crippen LogP contribution is 2.33. The van der Waals surface area contributed by atoms with Gasteiger partial charge in [-0.05, 0) is 54.4 Å². The quantitative estimate of drug-likeness (QED) is 0.590. The number of hydrogen-bond donors (Lipinski definition) is 1. The Morgan fingerprint density at radius 2 is 1.76 bits per heavy atom. The lowest BCUT2D eigenvalue weighted by Crippen LogP contribution is -2.17. The largest absolute Gasteiger partial charge is 0.573 e. The lowest BCUT2D eigenvalue weighted by Gasteiger charge is -2.15. The van der Waals surface area contributed by atoms with Crippen molar-refractivity contribution in [3.8, 4) is 16.9 Å². The Balaban J connectivity index is 1.98. The van der Waals surface area contributed by atoms with E-state index in [0.717, 1.165) is 18.2 Å². The van der Waals surface area contributed by atoms with Crippen molar-refractivity contribution in [1.29, 1.82) is 0 Å². The standard InChI is InChI=1S/C19H14F4N2O3S/c1-12-11-13(8-9-16(12)28-19(21,22)23)14-5-4-10-24-18(14)25-29(26,27)17-7-3-2-6-15(17)20/h2-11H,1H3,(H,24,25). The fraction of sp³-hybridized carbons (Fsp3) is 0.105. The maximum Gasteiger partial charge on any atom is 0.573 e. The van der Waals surface area contributed by atoms with Gasteiger partial charge in [0.2, 0.25) is 0 Å². The molecule has 5 nitrogen and oxygen atoms in total. The molecule has 0 amide bonds. The summed E-state index contributed by atoms with van der Waals surface area (Å²) in [6, 6.07) is 11.8. The SMILES string of the molecule is Cc1cc(-c2cccnc2NS(=O)(=O)c2ccccc2F)ccc1OC(F)(F)F. The summed E-state index contributed by atoms with van der Waals surface area (Å²) in [5, 5.41) is 0. The lowest BCUT2D eigenvalue weighted by molar-refractivity contribution is -0.274. The number of aryl methyl sites for hydroxylation is 1. The van der Waals surface area contributed by atoms with Crippen LogP contribution in [0.25, 0.3) is 11.1 Å². The number of hydrogen-bond acceptors (Lipinski definition) is 4. The second kappa shape index (κ2) is 7.70. The summed E-state index contributed by atoms with van der Waals surface area (Å²) in [5.41, 5.74) is 0.886. The molecule has 0 spiro atoms. The molecular formula is C19H14F4N2O3S. The van der Waals surface area contributed by atoms with Crippen LogP contribution in [0.15, 0.2) is 65.7 Å². The minimum absolute atomic E-state index is 0.0976. The summed E-state index contributed by atoms with van der Waals surface area (Å²) in [6.45, 7) is 1.42. The number of sulfonamides is 1. The molecule has 0 fully saturated rings. The highest BCUT2D eigenvalue weighted by molar-refractivity contribution is 7.92. The molecule has 3 rings (SSSR count). The molecule has 152 valence electrons. The average molecular weight is 426 g/mol. The monoisotopic (exact) mass is 426 g/mol. The molecule has 0 saturated heterocycles. The minimum Gasteiger partial charge on any atom is -0.406 e. The first-order valence-corrected chi connectivity index (χ1v) is 9.64. The first-order valence-electron chi connectivity index (χ1n) is 8.16. The maximum absolute atomic E-state index is 13.9. The Kier molecular flexibility index (Phi) is 5.47. The third kappa shape index (κ3) is 4.83. The van der Waals surface area contributed by atoms with E-state index < -0.39 is 27.1 Å². The molecule has 1 N–H and O–H groups in total. The van der Waals surface area contributed by atoms with Gasteiger partial charge in [-0.3, -0.25) is 4.72 Å². The first-order chi connectivity index (χ1) is 13.6. The molecule has 3 aromatic rings. The van der Waals surface area contributed by atoms with Crippen LogP contribution in [0.4, 0.5) is 23.4 Å².